The Morgan fingerprint density at radius 3 is 2.62 bits per heavy atom. The van der Waals surface area contributed by atoms with E-state index in [9.17, 15) is 4.79 Å². The van der Waals surface area contributed by atoms with Crippen LogP contribution in [0.2, 0.25) is 0 Å². The van der Waals surface area contributed by atoms with Crippen LogP contribution in [-0.4, -0.2) is 11.4 Å². The molecule has 0 spiro atoms. The minimum atomic E-state index is -0.186. The van der Waals surface area contributed by atoms with Gasteiger partial charge in [0.05, 0.1) is 0 Å². The van der Waals surface area contributed by atoms with Crippen LogP contribution in [0.25, 0.3) is 0 Å². The van der Waals surface area contributed by atoms with Crippen molar-refractivity contribution in [1.82, 2.24) is 5.32 Å². The lowest BCUT2D eigenvalue weighted by molar-refractivity contribution is 0.0910. The minimum Gasteiger partial charge on any atom is -0.398 e. The summed E-state index contributed by atoms with van der Waals surface area (Å²) in [5.41, 5.74) is 7.74. The van der Waals surface area contributed by atoms with E-state index in [0.717, 1.165) is 12.0 Å². The third kappa shape index (κ3) is 2.75. The Balaban J connectivity index is 2.94. The standard InChI is InChI=1S/C13H20N2O/c1-5-13(3,4)15-12(16)10-7-6-8-11(14)9(10)2/h6-8H,5,14H2,1-4H3,(H,15,16). The van der Waals surface area contributed by atoms with Crippen molar-refractivity contribution in [2.24, 2.45) is 0 Å². The Kier molecular flexibility index (Phi) is 3.58. The first-order valence-electron chi connectivity index (χ1n) is 5.55. The van der Waals surface area contributed by atoms with Gasteiger partial charge in [0.25, 0.3) is 5.91 Å². The number of anilines is 1. The van der Waals surface area contributed by atoms with Gasteiger partial charge >= 0.3 is 0 Å². The van der Waals surface area contributed by atoms with Gasteiger partial charge in [0.2, 0.25) is 0 Å². The number of hydrogen-bond donors (Lipinski definition) is 2. The van der Waals surface area contributed by atoms with E-state index in [1.165, 1.54) is 0 Å². The molecular weight excluding hydrogens is 200 g/mol. The number of nitrogens with one attached hydrogen (secondary N) is 1. The molecule has 0 saturated carbocycles. The molecule has 0 unspecified atom stereocenters. The smallest absolute Gasteiger partial charge is 0.252 e. The summed E-state index contributed by atoms with van der Waals surface area (Å²) < 4.78 is 0. The normalized spacial score (nSPS) is 11.2. The highest BCUT2D eigenvalue weighted by Gasteiger charge is 2.20. The molecule has 1 aromatic rings. The van der Waals surface area contributed by atoms with Crippen molar-refractivity contribution in [1.29, 1.82) is 0 Å². The molecule has 0 radical (unpaired) electrons. The average molecular weight is 220 g/mol. The summed E-state index contributed by atoms with van der Waals surface area (Å²) in [5.74, 6) is -0.0587. The fraction of sp³-hybridized carbons (Fsp3) is 0.462. The van der Waals surface area contributed by atoms with E-state index in [0.29, 0.717) is 11.3 Å². The van der Waals surface area contributed by atoms with Gasteiger partial charge in [-0.25, -0.2) is 0 Å². The maximum atomic E-state index is 12.0. The van der Waals surface area contributed by atoms with Crippen molar-refractivity contribution < 1.29 is 4.79 Å². The molecule has 16 heavy (non-hydrogen) atoms. The Morgan fingerprint density at radius 2 is 2.06 bits per heavy atom. The molecule has 0 bridgehead atoms. The minimum absolute atomic E-state index is 0.0587. The fourth-order valence-electron chi connectivity index (χ4n) is 1.36. The van der Waals surface area contributed by atoms with E-state index < -0.39 is 0 Å². The van der Waals surface area contributed by atoms with Gasteiger partial charge in [0.1, 0.15) is 0 Å². The van der Waals surface area contributed by atoms with Gasteiger partial charge in [0, 0.05) is 16.8 Å². The van der Waals surface area contributed by atoms with E-state index in [1.54, 1.807) is 18.2 Å². The average Bonchev–Trinajstić information content (AvgIpc) is 2.21. The number of rotatable bonds is 3. The van der Waals surface area contributed by atoms with E-state index in [2.05, 4.69) is 5.32 Å². The van der Waals surface area contributed by atoms with Crippen LogP contribution in [0.4, 0.5) is 5.69 Å². The first-order valence-corrected chi connectivity index (χ1v) is 5.55. The molecule has 3 nitrogen and oxygen atoms in total. The number of nitrogens with two attached hydrogens (primary N) is 1. The van der Waals surface area contributed by atoms with Gasteiger partial charge in [-0.1, -0.05) is 13.0 Å². The molecular formula is C13H20N2O. The monoisotopic (exact) mass is 220 g/mol. The molecule has 3 N–H and O–H groups in total. The van der Waals surface area contributed by atoms with Gasteiger partial charge in [-0.3, -0.25) is 4.79 Å². The third-order valence-electron chi connectivity index (χ3n) is 2.96. The number of carbonyl (C=O) groups is 1. The zero-order valence-corrected chi connectivity index (χ0v) is 10.4. The molecule has 1 rings (SSSR count). The SMILES string of the molecule is CCC(C)(C)NC(=O)c1cccc(N)c1C. The second kappa shape index (κ2) is 4.56. The van der Waals surface area contributed by atoms with Crippen molar-refractivity contribution in [3.05, 3.63) is 29.3 Å². The molecule has 0 aliphatic rings. The lowest BCUT2D eigenvalue weighted by Gasteiger charge is -2.25. The molecule has 1 amide bonds. The molecule has 1 aromatic carbocycles. The zero-order valence-electron chi connectivity index (χ0n) is 10.4. The molecule has 88 valence electrons. The Morgan fingerprint density at radius 1 is 1.44 bits per heavy atom. The van der Waals surface area contributed by atoms with Gasteiger partial charge in [-0.05, 0) is 44.9 Å². The second-order valence-electron chi connectivity index (χ2n) is 4.71. The van der Waals surface area contributed by atoms with E-state index in [4.69, 9.17) is 5.73 Å². The van der Waals surface area contributed by atoms with E-state index >= 15 is 0 Å². The number of benzene rings is 1. The van der Waals surface area contributed by atoms with Crippen LogP contribution < -0.4 is 11.1 Å². The topological polar surface area (TPSA) is 55.1 Å². The zero-order chi connectivity index (χ0) is 12.3. The Hall–Kier alpha value is -1.51. The quantitative estimate of drug-likeness (QED) is 0.769. The number of carbonyl (C=O) groups excluding carboxylic acids is 1. The summed E-state index contributed by atoms with van der Waals surface area (Å²) in [7, 11) is 0. The van der Waals surface area contributed by atoms with Gasteiger partial charge < -0.3 is 11.1 Å². The van der Waals surface area contributed by atoms with Crippen molar-refractivity contribution in [3.8, 4) is 0 Å². The summed E-state index contributed by atoms with van der Waals surface area (Å²) in [6.07, 6.45) is 0.889. The number of hydrogen-bond acceptors (Lipinski definition) is 2. The molecule has 0 aromatic heterocycles. The van der Waals surface area contributed by atoms with Crippen molar-refractivity contribution in [3.63, 3.8) is 0 Å². The van der Waals surface area contributed by atoms with Crippen LogP contribution in [0.5, 0.6) is 0 Å². The van der Waals surface area contributed by atoms with Crippen LogP contribution in [0.15, 0.2) is 18.2 Å². The summed E-state index contributed by atoms with van der Waals surface area (Å²) in [6.45, 7) is 7.93. The number of nitrogen functional groups attached to an aromatic ring is 1. The molecule has 0 fully saturated rings. The predicted octanol–water partition coefficient (Wildman–Crippen LogP) is 2.50. The van der Waals surface area contributed by atoms with Crippen LogP contribution in [-0.2, 0) is 0 Å². The maximum absolute atomic E-state index is 12.0. The highest BCUT2D eigenvalue weighted by Crippen LogP contribution is 2.17. The summed E-state index contributed by atoms with van der Waals surface area (Å²) in [6, 6.07) is 5.40. The van der Waals surface area contributed by atoms with E-state index in [1.807, 2.05) is 27.7 Å². The molecule has 0 aliphatic carbocycles. The van der Waals surface area contributed by atoms with Gasteiger partial charge in [0.15, 0.2) is 0 Å². The highest BCUT2D eigenvalue weighted by molar-refractivity contribution is 5.97. The van der Waals surface area contributed by atoms with Crippen molar-refractivity contribution >= 4 is 11.6 Å². The first kappa shape index (κ1) is 12.6. The lowest BCUT2D eigenvalue weighted by atomic mass is 10.00. The van der Waals surface area contributed by atoms with Gasteiger partial charge in [-0.2, -0.15) is 0 Å². The third-order valence-corrected chi connectivity index (χ3v) is 2.96. The van der Waals surface area contributed by atoms with Crippen LogP contribution >= 0.6 is 0 Å². The van der Waals surface area contributed by atoms with Crippen LogP contribution in [0.1, 0.15) is 43.1 Å². The summed E-state index contributed by atoms with van der Waals surface area (Å²) in [5, 5.41) is 3.00. The lowest BCUT2D eigenvalue weighted by Crippen LogP contribution is -2.43. The molecule has 0 aliphatic heterocycles. The fourth-order valence-corrected chi connectivity index (χ4v) is 1.36. The largest absolute Gasteiger partial charge is 0.398 e. The molecule has 0 atom stereocenters. The van der Waals surface area contributed by atoms with Crippen molar-refractivity contribution in [2.45, 2.75) is 39.7 Å². The van der Waals surface area contributed by atoms with Crippen molar-refractivity contribution in [2.75, 3.05) is 5.73 Å². The van der Waals surface area contributed by atoms with Crippen LogP contribution in [0.3, 0.4) is 0 Å². The second-order valence-corrected chi connectivity index (χ2v) is 4.71. The predicted molar refractivity (Wildman–Crippen MR) is 67.4 cm³/mol. The summed E-state index contributed by atoms with van der Waals surface area (Å²) >= 11 is 0. The Labute approximate surface area is 97.0 Å². The molecule has 3 heteroatoms. The number of amides is 1. The van der Waals surface area contributed by atoms with Gasteiger partial charge in [-0.15, -0.1) is 0 Å². The Bertz CT molecular complexity index is 397. The highest BCUT2D eigenvalue weighted by atomic mass is 16.1. The van der Waals surface area contributed by atoms with E-state index in [-0.39, 0.29) is 11.4 Å². The maximum Gasteiger partial charge on any atom is 0.252 e. The summed E-state index contributed by atoms with van der Waals surface area (Å²) in [4.78, 5) is 12.0. The van der Waals surface area contributed by atoms with Crippen LogP contribution in [0, 0.1) is 6.92 Å². The molecule has 0 heterocycles. The molecule has 0 saturated heterocycles. The first-order chi connectivity index (χ1) is 7.37.